The van der Waals surface area contributed by atoms with Crippen LogP contribution in [0.5, 0.6) is 0 Å². The first-order valence-electron chi connectivity index (χ1n) is 12.4. The van der Waals surface area contributed by atoms with Crippen molar-refractivity contribution in [1.82, 2.24) is 29.7 Å². The number of pyridine rings is 1. The summed E-state index contributed by atoms with van der Waals surface area (Å²) in [6, 6.07) is 19.9. The van der Waals surface area contributed by atoms with Gasteiger partial charge in [-0.2, -0.15) is 0 Å². The first-order chi connectivity index (χ1) is 18.6. The molecule has 4 heterocycles. The van der Waals surface area contributed by atoms with Crippen LogP contribution in [0.3, 0.4) is 0 Å². The fourth-order valence-corrected chi connectivity index (χ4v) is 4.43. The van der Waals surface area contributed by atoms with Gasteiger partial charge in [-0.25, -0.2) is 24.0 Å². The molecule has 1 aliphatic rings. The van der Waals surface area contributed by atoms with E-state index in [1.807, 2.05) is 48.5 Å². The molecule has 38 heavy (non-hydrogen) atoms. The van der Waals surface area contributed by atoms with Gasteiger partial charge in [0.15, 0.2) is 5.82 Å². The fraction of sp³-hybridized carbons (Fsp3) is 0.179. The number of anilines is 3. The van der Waals surface area contributed by atoms with Crippen LogP contribution in [0.25, 0.3) is 28.5 Å². The molecule has 9 nitrogen and oxygen atoms in total. The normalized spacial score (nSPS) is 14.0. The van der Waals surface area contributed by atoms with Crippen molar-refractivity contribution in [1.29, 1.82) is 0 Å². The third-order valence-electron chi connectivity index (χ3n) is 6.44. The molecule has 5 aromatic rings. The van der Waals surface area contributed by atoms with Crippen LogP contribution in [-0.4, -0.2) is 54.0 Å². The summed E-state index contributed by atoms with van der Waals surface area (Å²) < 4.78 is 16.2. The van der Waals surface area contributed by atoms with Gasteiger partial charge in [0.2, 0.25) is 5.95 Å². The van der Waals surface area contributed by atoms with Crippen molar-refractivity contribution in [3.63, 3.8) is 0 Å². The molecule has 0 saturated carbocycles. The Bertz CT molecular complexity index is 1530. The molecule has 10 heteroatoms. The second kappa shape index (κ2) is 10.3. The molecule has 3 aromatic heterocycles. The molecular formula is C28H25FN8O. The zero-order valence-corrected chi connectivity index (χ0v) is 20.4. The standard InChI is InChI=1S/C28H25FN8O/c29-20-15-19(16-23(17-20)36-13-9-24(38)10-14-36)25-8-12-31-28(34-25)33-21-4-6-22(7-5-21)37-18-32-27(35-37)26-3-1-2-11-30-26/h1-8,11-12,15-18,24,38H,9-10,13-14H2,(H,31,33,34). The smallest absolute Gasteiger partial charge is 0.227 e. The maximum absolute atomic E-state index is 14.5. The Balaban J connectivity index is 1.18. The van der Waals surface area contributed by atoms with E-state index in [9.17, 15) is 9.50 Å². The van der Waals surface area contributed by atoms with E-state index in [0.29, 0.717) is 54.7 Å². The van der Waals surface area contributed by atoms with Crippen molar-refractivity contribution in [2.45, 2.75) is 18.9 Å². The first kappa shape index (κ1) is 23.7. The lowest BCUT2D eigenvalue weighted by atomic mass is 10.1. The molecule has 0 bridgehead atoms. The Morgan fingerprint density at radius 3 is 2.47 bits per heavy atom. The van der Waals surface area contributed by atoms with Gasteiger partial charge in [0, 0.05) is 42.4 Å². The highest BCUT2D eigenvalue weighted by atomic mass is 19.1. The maximum Gasteiger partial charge on any atom is 0.227 e. The summed E-state index contributed by atoms with van der Waals surface area (Å²) in [4.78, 5) is 19.7. The predicted octanol–water partition coefficient (Wildman–Crippen LogP) is 4.63. The third-order valence-corrected chi connectivity index (χ3v) is 6.44. The van der Waals surface area contributed by atoms with Gasteiger partial charge in [0.1, 0.15) is 17.8 Å². The molecule has 1 fully saturated rings. The van der Waals surface area contributed by atoms with E-state index < -0.39 is 0 Å². The second-order valence-electron chi connectivity index (χ2n) is 9.08. The first-order valence-corrected chi connectivity index (χ1v) is 12.4. The van der Waals surface area contributed by atoms with Gasteiger partial charge in [-0.15, -0.1) is 5.10 Å². The average Bonchev–Trinajstić information content (AvgIpc) is 3.45. The summed E-state index contributed by atoms with van der Waals surface area (Å²) in [5.41, 5.74) is 4.42. The van der Waals surface area contributed by atoms with Crippen LogP contribution >= 0.6 is 0 Å². The van der Waals surface area contributed by atoms with Crippen LogP contribution in [0, 0.1) is 5.82 Å². The molecule has 190 valence electrons. The number of rotatable bonds is 6. The molecule has 0 aliphatic carbocycles. The summed E-state index contributed by atoms with van der Waals surface area (Å²) in [5.74, 6) is 0.628. The quantitative estimate of drug-likeness (QED) is 0.342. The number of nitrogens with zero attached hydrogens (tertiary/aromatic N) is 7. The molecule has 2 aromatic carbocycles. The van der Waals surface area contributed by atoms with Crippen LogP contribution in [0.1, 0.15) is 12.8 Å². The Labute approximate surface area is 218 Å². The SMILES string of the molecule is OC1CCN(c2cc(F)cc(-c3ccnc(Nc4ccc(-n5cnc(-c6ccccn6)n5)cc4)n3)c2)CC1. The van der Waals surface area contributed by atoms with Crippen LogP contribution in [0.15, 0.2) is 85.5 Å². The van der Waals surface area contributed by atoms with Crippen LogP contribution in [0.4, 0.5) is 21.7 Å². The summed E-state index contributed by atoms with van der Waals surface area (Å²) in [5, 5.41) is 17.5. The van der Waals surface area contributed by atoms with E-state index in [1.165, 1.54) is 12.1 Å². The van der Waals surface area contributed by atoms with E-state index in [0.717, 1.165) is 17.1 Å². The number of halogens is 1. The maximum atomic E-state index is 14.5. The lowest BCUT2D eigenvalue weighted by Gasteiger charge is -2.31. The lowest BCUT2D eigenvalue weighted by Crippen LogP contribution is -2.35. The van der Waals surface area contributed by atoms with Gasteiger partial charge in [-0.1, -0.05) is 6.07 Å². The van der Waals surface area contributed by atoms with Crippen molar-refractivity contribution in [2.75, 3.05) is 23.3 Å². The van der Waals surface area contributed by atoms with Gasteiger partial charge >= 0.3 is 0 Å². The summed E-state index contributed by atoms with van der Waals surface area (Å²) >= 11 is 0. The summed E-state index contributed by atoms with van der Waals surface area (Å²) in [7, 11) is 0. The van der Waals surface area contributed by atoms with Crippen LogP contribution in [-0.2, 0) is 0 Å². The molecule has 1 aliphatic heterocycles. The topological polar surface area (TPSA) is 105 Å². The minimum Gasteiger partial charge on any atom is -0.393 e. The molecule has 0 atom stereocenters. The Morgan fingerprint density at radius 1 is 0.842 bits per heavy atom. The zero-order chi connectivity index (χ0) is 25.9. The summed E-state index contributed by atoms with van der Waals surface area (Å²) in [6.07, 6.45) is 6.07. The lowest BCUT2D eigenvalue weighted by molar-refractivity contribution is 0.145. The van der Waals surface area contributed by atoms with Crippen molar-refractivity contribution < 1.29 is 9.50 Å². The number of benzene rings is 2. The predicted molar refractivity (Wildman–Crippen MR) is 143 cm³/mol. The van der Waals surface area contributed by atoms with E-state index in [2.05, 4.69) is 35.3 Å². The molecular weight excluding hydrogens is 483 g/mol. The molecule has 1 saturated heterocycles. The van der Waals surface area contributed by atoms with E-state index >= 15 is 0 Å². The molecule has 0 unspecified atom stereocenters. The minimum atomic E-state index is -0.327. The zero-order valence-electron chi connectivity index (χ0n) is 20.4. The molecule has 0 amide bonds. The van der Waals surface area contributed by atoms with Gasteiger partial charge in [0.25, 0.3) is 0 Å². The fourth-order valence-electron chi connectivity index (χ4n) is 4.43. The minimum absolute atomic E-state index is 0.288. The van der Waals surface area contributed by atoms with Crippen LogP contribution in [0.2, 0.25) is 0 Å². The number of piperidine rings is 1. The van der Waals surface area contributed by atoms with Gasteiger partial charge < -0.3 is 15.3 Å². The monoisotopic (exact) mass is 508 g/mol. The second-order valence-corrected chi connectivity index (χ2v) is 9.08. The number of nitrogens with one attached hydrogen (secondary N) is 1. The number of aliphatic hydroxyl groups excluding tert-OH is 1. The van der Waals surface area contributed by atoms with Crippen molar-refractivity contribution >= 4 is 17.3 Å². The Morgan fingerprint density at radius 2 is 1.68 bits per heavy atom. The largest absolute Gasteiger partial charge is 0.393 e. The molecule has 0 radical (unpaired) electrons. The third kappa shape index (κ3) is 5.21. The van der Waals surface area contributed by atoms with E-state index in [4.69, 9.17) is 0 Å². The number of hydrogen-bond donors (Lipinski definition) is 2. The van der Waals surface area contributed by atoms with Crippen molar-refractivity contribution in [3.8, 4) is 28.5 Å². The average molecular weight is 509 g/mol. The van der Waals surface area contributed by atoms with Gasteiger partial charge in [0.05, 0.1) is 17.5 Å². The Hall–Kier alpha value is -4.70. The number of aliphatic hydroxyl groups is 1. The highest BCUT2D eigenvalue weighted by molar-refractivity contribution is 5.67. The number of aromatic nitrogens is 6. The van der Waals surface area contributed by atoms with Crippen molar-refractivity contribution in [3.05, 3.63) is 91.3 Å². The highest BCUT2D eigenvalue weighted by Crippen LogP contribution is 2.28. The van der Waals surface area contributed by atoms with E-state index in [1.54, 1.807) is 29.5 Å². The molecule has 2 N–H and O–H groups in total. The molecule has 6 rings (SSSR count). The van der Waals surface area contributed by atoms with Crippen molar-refractivity contribution in [2.24, 2.45) is 0 Å². The Kier molecular flexibility index (Phi) is 6.45. The van der Waals surface area contributed by atoms with E-state index in [-0.39, 0.29) is 11.9 Å². The van der Waals surface area contributed by atoms with Crippen LogP contribution < -0.4 is 10.2 Å². The summed E-state index contributed by atoms with van der Waals surface area (Å²) in [6.45, 7) is 1.38. The molecule has 0 spiro atoms. The number of hydrogen-bond acceptors (Lipinski definition) is 8. The highest BCUT2D eigenvalue weighted by Gasteiger charge is 2.19. The van der Waals surface area contributed by atoms with Gasteiger partial charge in [-0.05, 0) is 73.5 Å². The van der Waals surface area contributed by atoms with Gasteiger partial charge in [-0.3, -0.25) is 4.98 Å².